The van der Waals surface area contributed by atoms with Gasteiger partial charge in [-0.3, -0.25) is 4.79 Å². The fourth-order valence-electron chi connectivity index (χ4n) is 3.32. The Labute approximate surface area is 179 Å². The molecule has 1 heterocycles. The number of ether oxygens (including phenoxy) is 2. The summed E-state index contributed by atoms with van der Waals surface area (Å²) in [5, 5.41) is 0.470. The molecule has 0 saturated carbocycles. The Morgan fingerprint density at radius 2 is 1.58 bits per heavy atom. The van der Waals surface area contributed by atoms with Crippen molar-refractivity contribution >= 4 is 16.9 Å². The van der Waals surface area contributed by atoms with Gasteiger partial charge in [0.2, 0.25) is 11.2 Å². The standard InChI is InChI=1S/C26H22O5/c1-16-4-9-19(10-5-16)24-25(23(27)21-13-6-17(2)14-22(21)31-24)30-15-18-7-11-20(12-8-18)26(28)29-3/h4-14H,15H2,1-3H3. The maximum Gasteiger partial charge on any atom is 0.337 e. The summed E-state index contributed by atoms with van der Waals surface area (Å²) in [6.45, 7) is 4.11. The highest BCUT2D eigenvalue weighted by Gasteiger charge is 2.18. The first kappa shape index (κ1) is 20.4. The Morgan fingerprint density at radius 1 is 0.903 bits per heavy atom. The van der Waals surface area contributed by atoms with Gasteiger partial charge in [-0.1, -0.05) is 48.0 Å². The number of hydrogen-bond donors (Lipinski definition) is 0. The molecule has 0 fully saturated rings. The number of hydrogen-bond acceptors (Lipinski definition) is 5. The fourth-order valence-corrected chi connectivity index (χ4v) is 3.32. The van der Waals surface area contributed by atoms with E-state index in [9.17, 15) is 9.59 Å². The molecule has 4 aromatic rings. The maximum absolute atomic E-state index is 13.3. The molecule has 5 nitrogen and oxygen atoms in total. The molecule has 0 aliphatic heterocycles. The van der Waals surface area contributed by atoms with Gasteiger partial charge in [-0.15, -0.1) is 0 Å². The molecular weight excluding hydrogens is 392 g/mol. The monoisotopic (exact) mass is 414 g/mol. The van der Waals surface area contributed by atoms with Crippen LogP contribution in [0, 0.1) is 13.8 Å². The molecule has 0 amide bonds. The highest BCUT2D eigenvalue weighted by atomic mass is 16.5. The second kappa shape index (κ2) is 8.48. The Balaban J connectivity index is 1.74. The number of carbonyl (C=O) groups excluding carboxylic acids is 1. The van der Waals surface area contributed by atoms with Crippen LogP contribution >= 0.6 is 0 Å². The number of fused-ring (bicyclic) bond motifs is 1. The Morgan fingerprint density at radius 3 is 2.26 bits per heavy atom. The van der Waals surface area contributed by atoms with Crippen LogP contribution in [0.4, 0.5) is 0 Å². The van der Waals surface area contributed by atoms with Crippen molar-refractivity contribution in [1.29, 1.82) is 0 Å². The lowest BCUT2D eigenvalue weighted by molar-refractivity contribution is 0.0600. The van der Waals surface area contributed by atoms with E-state index in [0.29, 0.717) is 22.3 Å². The van der Waals surface area contributed by atoms with Crippen LogP contribution in [0.2, 0.25) is 0 Å². The van der Waals surface area contributed by atoms with Crippen LogP contribution in [-0.2, 0) is 11.3 Å². The van der Waals surface area contributed by atoms with Crippen LogP contribution in [0.3, 0.4) is 0 Å². The number of carbonyl (C=O) groups is 1. The third kappa shape index (κ3) is 4.21. The van der Waals surface area contributed by atoms with Crippen molar-refractivity contribution in [2.24, 2.45) is 0 Å². The summed E-state index contributed by atoms with van der Waals surface area (Å²) in [6, 6.07) is 20.1. The number of methoxy groups -OCH3 is 1. The van der Waals surface area contributed by atoms with Crippen molar-refractivity contribution in [1.82, 2.24) is 0 Å². The van der Waals surface area contributed by atoms with Crippen LogP contribution < -0.4 is 10.2 Å². The Hall–Kier alpha value is -3.86. The van der Waals surface area contributed by atoms with E-state index in [2.05, 4.69) is 0 Å². The molecule has 4 rings (SSSR count). The Kier molecular flexibility index (Phi) is 5.58. The number of esters is 1. The van der Waals surface area contributed by atoms with Gasteiger partial charge in [-0.25, -0.2) is 4.79 Å². The smallest absolute Gasteiger partial charge is 0.337 e. The van der Waals surface area contributed by atoms with Crippen LogP contribution in [0.1, 0.15) is 27.0 Å². The minimum absolute atomic E-state index is 0.155. The predicted octanol–water partition coefficient (Wildman–Crippen LogP) is 5.44. The van der Waals surface area contributed by atoms with Crippen LogP contribution in [0.5, 0.6) is 5.75 Å². The zero-order chi connectivity index (χ0) is 22.0. The second-order valence-corrected chi connectivity index (χ2v) is 7.43. The predicted molar refractivity (Wildman–Crippen MR) is 120 cm³/mol. The highest BCUT2D eigenvalue weighted by molar-refractivity contribution is 5.89. The quantitative estimate of drug-likeness (QED) is 0.407. The Bertz CT molecular complexity index is 1300. The lowest BCUT2D eigenvalue weighted by atomic mass is 10.1. The third-order valence-electron chi connectivity index (χ3n) is 5.08. The largest absolute Gasteiger partial charge is 0.481 e. The molecule has 0 aliphatic rings. The average molecular weight is 414 g/mol. The SMILES string of the molecule is COC(=O)c1ccc(COc2c(-c3ccc(C)cc3)oc3cc(C)ccc3c2=O)cc1. The minimum Gasteiger partial charge on any atom is -0.481 e. The van der Waals surface area contributed by atoms with Gasteiger partial charge in [0.1, 0.15) is 12.2 Å². The summed E-state index contributed by atoms with van der Waals surface area (Å²) in [5.74, 6) is 0.158. The van der Waals surface area contributed by atoms with Gasteiger partial charge in [0.25, 0.3) is 0 Å². The summed E-state index contributed by atoms with van der Waals surface area (Å²) in [7, 11) is 1.34. The van der Waals surface area contributed by atoms with E-state index in [1.54, 1.807) is 30.3 Å². The van der Waals surface area contributed by atoms with E-state index in [0.717, 1.165) is 22.3 Å². The molecule has 0 N–H and O–H groups in total. The molecule has 1 aromatic heterocycles. The lowest BCUT2D eigenvalue weighted by Crippen LogP contribution is -2.10. The normalized spacial score (nSPS) is 10.8. The fraction of sp³-hybridized carbons (Fsp3) is 0.154. The lowest BCUT2D eigenvalue weighted by Gasteiger charge is -2.12. The van der Waals surface area contributed by atoms with Gasteiger partial charge in [-0.05, 0) is 49.2 Å². The highest BCUT2D eigenvalue weighted by Crippen LogP contribution is 2.32. The van der Waals surface area contributed by atoms with Crippen molar-refractivity contribution in [3.8, 4) is 17.1 Å². The molecule has 0 aliphatic carbocycles. The van der Waals surface area contributed by atoms with Gasteiger partial charge >= 0.3 is 5.97 Å². The van der Waals surface area contributed by atoms with E-state index in [1.165, 1.54) is 7.11 Å². The summed E-state index contributed by atoms with van der Waals surface area (Å²) in [5.41, 5.74) is 4.44. The third-order valence-corrected chi connectivity index (χ3v) is 5.08. The van der Waals surface area contributed by atoms with E-state index in [4.69, 9.17) is 13.9 Å². The molecule has 0 saturated heterocycles. The molecule has 156 valence electrons. The summed E-state index contributed by atoms with van der Waals surface area (Å²) < 4.78 is 16.8. The summed E-state index contributed by atoms with van der Waals surface area (Å²) >= 11 is 0. The van der Waals surface area contributed by atoms with Crippen LogP contribution in [0.15, 0.2) is 75.9 Å². The molecule has 3 aromatic carbocycles. The van der Waals surface area contributed by atoms with Gasteiger partial charge in [0.05, 0.1) is 18.1 Å². The van der Waals surface area contributed by atoms with E-state index in [-0.39, 0.29) is 17.8 Å². The zero-order valence-corrected chi connectivity index (χ0v) is 17.6. The molecule has 0 radical (unpaired) electrons. The summed E-state index contributed by atoms with van der Waals surface area (Å²) in [6.07, 6.45) is 0. The number of aryl methyl sites for hydroxylation is 2. The van der Waals surface area contributed by atoms with E-state index >= 15 is 0 Å². The minimum atomic E-state index is -0.403. The van der Waals surface area contributed by atoms with Crippen molar-refractivity contribution in [2.45, 2.75) is 20.5 Å². The number of rotatable bonds is 5. The summed E-state index contributed by atoms with van der Waals surface area (Å²) in [4.78, 5) is 24.9. The van der Waals surface area contributed by atoms with E-state index in [1.807, 2.05) is 50.2 Å². The van der Waals surface area contributed by atoms with Gasteiger partial charge in [0.15, 0.2) is 5.76 Å². The van der Waals surface area contributed by atoms with Gasteiger partial charge in [0, 0.05) is 5.56 Å². The van der Waals surface area contributed by atoms with E-state index < -0.39 is 5.97 Å². The first-order valence-corrected chi connectivity index (χ1v) is 9.91. The van der Waals surface area contributed by atoms with Gasteiger partial charge < -0.3 is 13.9 Å². The molecule has 5 heteroatoms. The van der Waals surface area contributed by atoms with Crippen LogP contribution in [0.25, 0.3) is 22.3 Å². The molecule has 31 heavy (non-hydrogen) atoms. The van der Waals surface area contributed by atoms with Gasteiger partial charge in [-0.2, -0.15) is 0 Å². The molecular formula is C26H22O5. The molecule has 0 spiro atoms. The molecule has 0 unspecified atom stereocenters. The first-order chi connectivity index (χ1) is 15.0. The number of benzene rings is 3. The average Bonchev–Trinajstić information content (AvgIpc) is 2.78. The maximum atomic E-state index is 13.3. The topological polar surface area (TPSA) is 65.7 Å². The molecule has 0 atom stereocenters. The molecule has 0 bridgehead atoms. The van der Waals surface area contributed by atoms with Crippen molar-refractivity contribution < 1.29 is 18.7 Å². The van der Waals surface area contributed by atoms with Crippen molar-refractivity contribution in [3.63, 3.8) is 0 Å². The van der Waals surface area contributed by atoms with Crippen molar-refractivity contribution in [3.05, 3.63) is 99.2 Å². The zero-order valence-electron chi connectivity index (χ0n) is 17.6. The van der Waals surface area contributed by atoms with Crippen LogP contribution in [-0.4, -0.2) is 13.1 Å². The van der Waals surface area contributed by atoms with Crippen molar-refractivity contribution in [2.75, 3.05) is 7.11 Å². The second-order valence-electron chi connectivity index (χ2n) is 7.43. The first-order valence-electron chi connectivity index (χ1n) is 9.91.